The van der Waals surface area contributed by atoms with Gasteiger partial charge in [0, 0.05) is 6.54 Å². The van der Waals surface area contributed by atoms with Crippen LogP contribution in [0.2, 0.25) is 0 Å². The maximum atomic E-state index is 12.0. The molecule has 0 aromatic carbocycles. The molecule has 120 valence electrons. The third kappa shape index (κ3) is 3.87. The van der Waals surface area contributed by atoms with E-state index in [9.17, 15) is 14.7 Å². The minimum atomic E-state index is -1.04. The van der Waals surface area contributed by atoms with E-state index >= 15 is 0 Å². The average molecular weight is 298 g/mol. The zero-order chi connectivity index (χ0) is 15.5. The number of ether oxygens (including phenoxy) is 1. The fourth-order valence-electron chi connectivity index (χ4n) is 3.28. The number of hydrogen-bond donors (Lipinski definition) is 3. The van der Waals surface area contributed by atoms with Crippen molar-refractivity contribution in [3.8, 4) is 0 Å². The number of aliphatic carboxylic acids is 1. The number of nitrogens with one attached hydrogen (secondary N) is 2. The van der Waals surface area contributed by atoms with Crippen LogP contribution in [0.3, 0.4) is 0 Å². The van der Waals surface area contributed by atoms with Gasteiger partial charge in [-0.25, -0.2) is 4.79 Å². The highest BCUT2D eigenvalue weighted by Crippen LogP contribution is 2.29. The van der Waals surface area contributed by atoms with E-state index in [-0.39, 0.29) is 19.2 Å². The maximum absolute atomic E-state index is 12.0. The molecule has 0 aromatic rings. The molecule has 1 aliphatic carbocycles. The standard InChI is InChI=1S/C15H26N2O4/c1-10-4-3-5-11(6-10)7-16-14(20)17-12-8-21-9-15(12,2)13(18)19/h10-12H,3-9H2,1-2H3,(H,18,19)(H2,16,17,20). The summed E-state index contributed by atoms with van der Waals surface area (Å²) < 4.78 is 5.22. The largest absolute Gasteiger partial charge is 0.481 e. The molecule has 4 atom stereocenters. The first-order chi connectivity index (χ1) is 9.91. The van der Waals surface area contributed by atoms with Crippen molar-refractivity contribution in [3.05, 3.63) is 0 Å². The highest BCUT2D eigenvalue weighted by atomic mass is 16.5. The first kappa shape index (κ1) is 16.1. The zero-order valence-corrected chi connectivity index (χ0v) is 12.9. The lowest BCUT2D eigenvalue weighted by atomic mass is 9.82. The molecule has 4 unspecified atom stereocenters. The van der Waals surface area contributed by atoms with Crippen LogP contribution >= 0.6 is 0 Å². The molecule has 1 saturated carbocycles. The summed E-state index contributed by atoms with van der Waals surface area (Å²) in [5, 5.41) is 14.9. The van der Waals surface area contributed by atoms with Crippen molar-refractivity contribution in [2.75, 3.05) is 19.8 Å². The van der Waals surface area contributed by atoms with Crippen molar-refractivity contribution in [1.82, 2.24) is 10.6 Å². The van der Waals surface area contributed by atoms with Gasteiger partial charge in [0.05, 0.1) is 19.3 Å². The summed E-state index contributed by atoms with van der Waals surface area (Å²) in [5.74, 6) is 0.323. The van der Waals surface area contributed by atoms with Crippen LogP contribution in [0.25, 0.3) is 0 Å². The van der Waals surface area contributed by atoms with Crippen LogP contribution in [0, 0.1) is 17.3 Å². The van der Waals surface area contributed by atoms with Gasteiger partial charge in [-0.05, 0) is 31.6 Å². The Balaban J connectivity index is 1.78. The second kappa shape index (κ2) is 6.64. The fourth-order valence-corrected chi connectivity index (χ4v) is 3.28. The van der Waals surface area contributed by atoms with Crippen molar-refractivity contribution in [2.45, 2.75) is 45.6 Å². The van der Waals surface area contributed by atoms with Crippen molar-refractivity contribution >= 4 is 12.0 Å². The molecule has 2 aliphatic rings. The van der Waals surface area contributed by atoms with Crippen LogP contribution in [-0.4, -0.2) is 42.9 Å². The Labute approximate surface area is 125 Å². The van der Waals surface area contributed by atoms with Crippen LogP contribution in [0.15, 0.2) is 0 Å². The number of carboxylic acid groups (broad SMARTS) is 1. The fraction of sp³-hybridized carbons (Fsp3) is 0.867. The van der Waals surface area contributed by atoms with Gasteiger partial charge < -0.3 is 20.5 Å². The Kier molecular flexibility index (Phi) is 5.08. The van der Waals surface area contributed by atoms with Crippen LogP contribution in [-0.2, 0) is 9.53 Å². The van der Waals surface area contributed by atoms with Gasteiger partial charge in [-0.2, -0.15) is 0 Å². The first-order valence-electron chi connectivity index (χ1n) is 7.77. The smallest absolute Gasteiger partial charge is 0.315 e. The molecule has 21 heavy (non-hydrogen) atoms. The van der Waals surface area contributed by atoms with E-state index in [1.165, 1.54) is 12.8 Å². The topological polar surface area (TPSA) is 87.7 Å². The van der Waals surface area contributed by atoms with E-state index in [0.717, 1.165) is 18.8 Å². The summed E-state index contributed by atoms with van der Waals surface area (Å²) >= 11 is 0. The Hall–Kier alpha value is -1.30. The molecule has 2 fully saturated rings. The summed E-state index contributed by atoms with van der Waals surface area (Å²) in [5.41, 5.74) is -1.04. The molecule has 0 spiro atoms. The van der Waals surface area contributed by atoms with Gasteiger partial charge in [0.25, 0.3) is 0 Å². The van der Waals surface area contributed by atoms with E-state index in [0.29, 0.717) is 12.5 Å². The molecule has 2 amide bonds. The second-order valence-corrected chi connectivity index (χ2v) is 6.78. The molecular weight excluding hydrogens is 272 g/mol. The molecule has 6 heteroatoms. The van der Waals surface area contributed by atoms with Crippen LogP contribution < -0.4 is 10.6 Å². The summed E-state index contributed by atoms with van der Waals surface area (Å²) in [6.45, 7) is 4.90. The van der Waals surface area contributed by atoms with E-state index in [4.69, 9.17) is 4.74 Å². The molecule has 6 nitrogen and oxygen atoms in total. The highest BCUT2D eigenvalue weighted by Gasteiger charge is 2.47. The van der Waals surface area contributed by atoms with Crippen LogP contribution in [0.4, 0.5) is 4.79 Å². The first-order valence-corrected chi connectivity index (χ1v) is 7.77. The Morgan fingerprint density at radius 1 is 1.38 bits per heavy atom. The number of carboxylic acids is 1. The molecule has 1 aliphatic heterocycles. The van der Waals surface area contributed by atoms with Gasteiger partial charge in [0.1, 0.15) is 5.41 Å². The van der Waals surface area contributed by atoms with Crippen molar-refractivity contribution in [3.63, 3.8) is 0 Å². The third-order valence-electron chi connectivity index (χ3n) is 4.85. The van der Waals surface area contributed by atoms with Crippen molar-refractivity contribution < 1.29 is 19.4 Å². The van der Waals surface area contributed by atoms with Crippen molar-refractivity contribution in [1.29, 1.82) is 0 Å². The number of hydrogen-bond acceptors (Lipinski definition) is 3. The van der Waals surface area contributed by atoms with Gasteiger partial charge in [-0.3, -0.25) is 4.79 Å². The van der Waals surface area contributed by atoms with Crippen LogP contribution in [0.1, 0.15) is 39.5 Å². The van der Waals surface area contributed by atoms with Gasteiger partial charge >= 0.3 is 12.0 Å². The van der Waals surface area contributed by atoms with E-state index in [2.05, 4.69) is 17.6 Å². The minimum absolute atomic E-state index is 0.132. The summed E-state index contributed by atoms with van der Waals surface area (Å²) in [6, 6.07) is -0.781. The zero-order valence-electron chi connectivity index (χ0n) is 12.9. The molecular formula is C15H26N2O4. The molecule has 2 rings (SSSR count). The lowest BCUT2D eigenvalue weighted by Crippen LogP contribution is -2.53. The summed E-state index contributed by atoms with van der Waals surface area (Å²) in [7, 11) is 0. The number of carbonyl (C=O) groups excluding carboxylic acids is 1. The minimum Gasteiger partial charge on any atom is -0.481 e. The maximum Gasteiger partial charge on any atom is 0.315 e. The lowest BCUT2D eigenvalue weighted by Gasteiger charge is -2.28. The average Bonchev–Trinajstić information content (AvgIpc) is 2.79. The third-order valence-corrected chi connectivity index (χ3v) is 4.85. The van der Waals surface area contributed by atoms with E-state index in [1.807, 2.05) is 0 Å². The predicted octanol–water partition coefficient (Wildman–Crippen LogP) is 1.60. The number of carbonyl (C=O) groups is 2. The monoisotopic (exact) mass is 298 g/mol. The highest BCUT2D eigenvalue weighted by molar-refractivity contribution is 5.79. The Morgan fingerprint density at radius 2 is 2.14 bits per heavy atom. The van der Waals surface area contributed by atoms with E-state index in [1.54, 1.807) is 6.92 Å². The van der Waals surface area contributed by atoms with E-state index < -0.39 is 17.4 Å². The quantitative estimate of drug-likeness (QED) is 0.735. The Morgan fingerprint density at radius 3 is 2.81 bits per heavy atom. The van der Waals surface area contributed by atoms with Gasteiger partial charge in [0.15, 0.2) is 0 Å². The molecule has 1 heterocycles. The van der Waals surface area contributed by atoms with Crippen LogP contribution in [0.5, 0.6) is 0 Å². The number of rotatable bonds is 4. The Bertz CT molecular complexity index is 401. The molecule has 0 bridgehead atoms. The van der Waals surface area contributed by atoms with Crippen molar-refractivity contribution in [2.24, 2.45) is 17.3 Å². The lowest BCUT2D eigenvalue weighted by molar-refractivity contribution is -0.148. The number of urea groups is 1. The summed E-state index contributed by atoms with van der Waals surface area (Å²) in [6.07, 6.45) is 4.81. The normalized spacial score (nSPS) is 36.2. The molecule has 0 aromatic heterocycles. The summed E-state index contributed by atoms with van der Waals surface area (Å²) in [4.78, 5) is 23.3. The van der Waals surface area contributed by atoms with Gasteiger partial charge in [0.2, 0.25) is 0 Å². The van der Waals surface area contributed by atoms with Gasteiger partial charge in [-0.15, -0.1) is 0 Å². The molecule has 1 saturated heterocycles. The van der Waals surface area contributed by atoms with Gasteiger partial charge in [-0.1, -0.05) is 19.8 Å². The molecule has 0 radical (unpaired) electrons. The SMILES string of the molecule is CC1CCCC(CNC(=O)NC2COCC2(C)C(=O)O)C1. The second-order valence-electron chi connectivity index (χ2n) is 6.78. The number of amides is 2. The molecule has 3 N–H and O–H groups in total. The predicted molar refractivity (Wildman–Crippen MR) is 78.0 cm³/mol.